The van der Waals surface area contributed by atoms with Crippen molar-refractivity contribution in [3.8, 4) is 0 Å². The fourth-order valence-corrected chi connectivity index (χ4v) is 3.43. The molecule has 1 fully saturated rings. The SMILES string of the molecule is CCNc1nc(CN2CCC(C)C2)nc2sccc12. The molecule has 1 aliphatic heterocycles. The van der Waals surface area contributed by atoms with Gasteiger partial charge in [-0.1, -0.05) is 6.92 Å². The van der Waals surface area contributed by atoms with Crippen molar-refractivity contribution >= 4 is 27.4 Å². The summed E-state index contributed by atoms with van der Waals surface area (Å²) in [5.41, 5.74) is 0. The highest BCUT2D eigenvalue weighted by Crippen LogP contribution is 2.26. The summed E-state index contributed by atoms with van der Waals surface area (Å²) >= 11 is 1.69. The predicted octanol–water partition coefficient (Wildman–Crippen LogP) is 2.96. The van der Waals surface area contributed by atoms with Crippen molar-refractivity contribution in [1.82, 2.24) is 14.9 Å². The van der Waals surface area contributed by atoms with Gasteiger partial charge < -0.3 is 5.32 Å². The molecule has 0 radical (unpaired) electrons. The zero-order valence-corrected chi connectivity index (χ0v) is 12.3. The van der Waals surface area contributed by atoms with Crippen LogP contribution < -0.4 is 5.32 Å². The Labute approximate surface area is 117 Å². The first-order valence-corrected chi connectivity index (χ1v) is 7.84. The van der Waals surface area contributed by atoms with Crippen LogP contribution in [0.25, 0.3) is 10.2 Å². The Morgan fingerprint density at radius 3 is 3.11 bits per heavy atom. The van der Waals surface area contributed by atoms with E-state index in [9.17, 15) is 0 Å². The Kier molecular flexibility index (Phi) is 3.66. The first kappa shape index (κ1) is 12.8. The minimum Gasteiger partial charge on any atom is -0.370 e. The highest BCUT2D eigenvalue weighted by Gasteiger charge is 2.20. The largest absolute Gasteiger partial charge is 0.370 e. The summed E-state index contributed by atoms with van der Waals surface area (Å²) in [6.07, 6.45) is 1.29. The number of aromatic nitrogens is 2. The summed E-state index contributed by atoms with van der Waals surface area (Å²) in [4.78, 5) is 12.9. The van der Waals surface area contributed by atoms with Gasteiger partial charge in [0.1, 0.15) is 16.5 Å². The van der Waals surface area contributed by atoms with Crippen molar-refractivity contribution in [3.63, 3.8) is 0 Å². The molecule has 5 heteroatoms. The lowest BCUT2D eigenvalue weighted by molar-refractivity contribution is 0.312. The summed E-state index contributed by atoms with van der Waals surface area (Å²) in [5, 5.41) is 6.58. The van der Waals surface area contributed by atoms with Crippen molar-refractivity contribution in [3.05, 3.63) is 17.3 Å². The highest BCUT2D eigenvalue weighted by atomic mass is 32.1. The minimum absolute atomic E-state index is 0.804. The smallest absolute Gasteiger partial charge is 0.146 e. The average Bonchev–Trinajstić information content (AvgIpc) is 2.99. The van der Waals surface area contributed by atoms with Gasteiger partial charge in [-0.3, -0.25) is 4.90 Å². The molecule has 3 heterocycles. The number of fused-ring (bicyclic) bond motifs is 1. The molecule has 1 unspecified atom stereocenters. The summed E-state index contributed by atoms with van der Waals surface area (Å²) in [7, 11) is 0. The summed E-state index contributed by atoms with van der Waals surface area (Å²) < 4.78 is 0. The lowest BCUT2D eigenvalue weighted by Crippen LogP contribution is -2.21. The Morgan fingerprint density at radius 2 is 2.37 bits per heavy atom. The number of thiophene rings is 1. The topological polar surface area (TPSA) is 41.1 Å². The predicted molar refractivity (Wildman–Crippen MR) is 80.6 cm³/mol. The monoisotopic (exact) mass is 276 g/mol. The van der Waals surface area contributed by atoms with Crippen LogP contribution in [-0.2, 0) is 6.54 Å². The molecule has 2 aromatic rings. The van der Waals surface area contributed by atoms with Gasteiger partial charge in [-0.05, 0) is 37.3 Å². The van der Waals surface area contributed by atoms with Crippen LogP contribution in [0.4, 0.5) is 5.82 Å². The van der Waals surface area contributed by atoms with Crippen molar-refractivity contribution in [2.75, 3.05) is 25.0 Å². The molecule has 19 heavy (non-hydrogen) atoms. The van der Waals surface area contributed by atoms with Gasteiger partial charge in [-0.25, -0.2) is 9.97 Å². The molecule has 3 rings (SSSR count). The van der Waals surface area contributed by atoms with Gasteiger partial charge in [0.05, 0.1) is 11.9 Å². The van der Waals surface area contributed by atoms with Gasteiger partial charge in [-0.2, -0.15) is 0 Å². The van der Waals surface area contributed by atoms with Crippen molar-refractivity contribution in [1.29, 1.82) is 0 Å². The van der Waals surface area contributed by atoms with E-state index in [2.05, 4.69) is 35.5 Å². The van der Waals surface area contributed by atoms with Crippen LogP contribution in [0.3, 0.4) is 0 Å². The van der Waals surface area contributed by atoms with E-state index >= 15 is 0 Å². The molecule has 2 aromatic heterocycles. The molecular formula is C14H20N4S. The molecule has 4 nitrogen and oxygen atoms in total. The standard InChI is InChI=1S/C14H20N4S/c1-3-15-13-11-5-7-19-14(11)17-12(16-13)9-18-6-4-10(2)8-18/h5,7,10H,3-4,6,8-9H2,1-2H3,(H,15,16,17). The molecule has 1 N–H and O–H groups in total. The molecule has 102 valence electrons. The number of nitrogens with one attached hydrogen (secondary N) is 1. The van der Waals surface area contributed by atoms with Crippen LogP contribution in [0.1, 0.15) is 26.1 Å². The first-order valence-electron chi connectivity index (χ1n) is 6.96. The number of likely N-dealkylation sites (tertiary alicyclic amines) is 1. The Hall–Kier alpha value is -1.20. The molecule has 0 aromatic carbocycles. The van der Waals surface area contributed by atoms with E-state index in [1.54, 1.807) is 11.3 Å². The maximum Gasteiger partial charge on any atom is 0.146 e. The van der Waals surface area contributed by atoms with E-state index in [1.807, 2.05) is 0 Å². The second-order valence-corrected chi connectivity index (χ2v) is 6.18. The third-order valence-corrected chi connectivity index (χ3v) is 4.40. The summed E-state index contributed by atoms with van der Waals surface area (Å²) in [5.74, 6) is 2.73. The van der Waals surface area contributed by atoms with Gasteiger partial charge in [0.25, 0.3) is 0 Å². The van der Waals surface area contributed by atoms with Crippen LogP contribution in [0.2, 0.25) is 0 Å². The molecule has 0 bridgehead atoms. The second kappa shape index (κ2) is 5.43. The van der Waals surface area contributed by atoms with Gasteiger partial charge in [0, 0.05) is 13.1 Å². The van der Waals surface area contributed by atoms with Gasteiger partial charge in [-0.15, -0.1) is 11.3 Å². The van der Waals surface area contributed by atoms with E-state index in [0.717, 1.165) is 40.9 Å². The maximum absolute atomic E-state index is 4.69. The average molecular weight is 276 g/mol. The Bertz CT molecular complexity index is 566. The van der Waals surface area contributed by atoms with Crippen LogP contribution in [0.5, 0.6) is 0 Å². The molecule has 0 spiro atoms. The molecule has 0 amide bonds. The van der Waals surface area contributed by atoms with E-state index < -0.39 is 0 Å². The molecule has 0 saturated carbocycles. The number of nitrogens with zero attached hydrogens (tertiary/aromatic N) is 3. The highest BCUT2D eigenvalue weighted by molar-refractivity contribution is 7.16. The van der Waals surface area contributed by atoms with Gasteiger partial charge in [0.15, 0.2) is 0 Å². The molecule has 0 aliphatic carbocycles. The fourth-order valence-electron chi connectivity index (χ4n) is 2.64. The number of anilines is 1. The normalized spacial score (nSPS) is 20.2. The summed E-state index contributed by atoms with van der Waals surface area (Å²) in [6, 6.07) is 2.10. The van der Waals surface area contributed by atoms with E-state index in [0.29, 0.717) is 0 Å². The van der Waals surface area contributed by atoms with Gasteiger partial charge in [0.2, 0.25) is 0 Å². The maximum atomic E-state index is 4.69. The zero-order chi connectivity index (χ0) is 13.2. The van der Waals surface area contributed by atoms with Crippen molar-refractivity contribution in [2.45, 2.75) is 26.8 Å². The van der Waals surface area contributed by atoms with Crippen LogP contribution in [0, 0.1) is 5.92 Å². The molecule has 1 saturated heterocycles. The quantitative estimate of drug-likeness (QED) is 0.932. The van der Waals surface area contributed by atoms with E-state index in [-0.39, 0.29) is 0 Å². The molecule has 1 atom stereocenters. The summed E-state index contributed by atoms with van der Waals surface area (Å²) in [6.45, 7) is 8.51. The number of hydrogen-bond donors (Lipinski definition) is 1. The van der Waals surface area contributed by atoms with E-state index in [1.165, 1.54) is 19.5 Å². The van der Waals surface area contributed by atoms with Crippen LogP contribution in [-0.4, -0.2) is 34.5 Å². The van der Waals surface area contributed by atoms with Crippen LogP contribution >= 0.6 is 11.3 Å². The Balaban J connectivity index is 1.86. The lowest BCUT2D eigenvalue weighted by Gasteiger charge is -2.15. The third kappa shape index (κ3) is 2.72. The van der Waals surface area contributed by atoms with Crippen LogP contribution in [0.15, 0.2) is 11.4 Å². The molecular weight excluding hydrogens is 256 g/mol. The second-order valence-electron chi connectivity index (χ2n) is 5.29. The third-order valence-electron chi connectivity index (χ3n) is 3.59. The Morgan fingerprint density at radius 1 is 1.47 bits per heavy atom. The van der Waals surface area contributed by atoms with Crippen molar-refractivity contribution < 1.29 is 0 Å². The fraction of sp³-hybridized carbons (Fsp3) is 0.571. The molecule has 1 aliphatic rings. The van der Waals surface area contributed by atoms with Crippen molar-refractivity contribution in [2.24, 2.45) is 5.92 Å². The number of rotatable bonds is 4. The minimum atomic E-state index is 0.804. The lowest BCUT2D eigenvalue weighted by atomic mass is 10.2. The first-order chi connectivity index (χ1) is 9.26. The van der Waals surface area contributed by atoms with E-state index in [4.69, 9.17) is 9.97 Å². The number of hydrogen-bond acceptors (Lipinski definition) is 5. The zero-order valence-electron chi connectivity index (χ0n) is 11.5. The van der Waals surface area contributed by atoms with Gasteiger partial charge >= 0.3 is 0 Å².